The van der Waals surface area contributed by atoms with Crippen molar-refractivity contribution in [2.75, 3.05) is 5.32 Å². The Hall–Kier alpha value is -1.17. The number of hydrogen-bond donors (Lipinski definition) is 1. The Kier molecular flexibility index (Phi) is 4.62. The molecular formula is C14H13BrClN3S. The van der Waals surface area contributed by atoms with Crippen LogP contribution in [-0.2, 0) is 0 Å². The number of rotatable bonds is 2. The van der Waals surface area contributed by atoms with Crippen LogP contribution in [0.5, 0.6) is 0 Å². The van der Waals surface area contributed by atoms with E-state index in [0.717, 1.165) is 26.2 Å². The number of nitrogens with zero attached hydrogens (tertiary/aromatic N) is 2. The Morgan fingerprint density at radius 2 is 1.80 bits per heavy atom. The molecule has 0 spiro atoms. The first-order valence-corrected chi connectivity index (χ1v) is 7.49. The van der Waals surface area contributed by atoms with Crippen molar-refractivity contribution in [2.45, 2.75) is 13.8 Å². The van der Waals surface area contributed by atoms with Gasteiger partial charge in [0.1, 0.15) is 17.0 Å². The van der Waals surface area contributed by atoms with Crippen LogP contribution in [0.1, 0.15) is 10.4 Å². The van der Waals surface area contributed by atoms with Crippen LogP contribution in [0.4, 0.5) is 11.5 Å². The van der Waals surface area contributed by atoms with Gasteiger partial charge < -0.3 is 5.32 Å². The predicted octanol–water partition coefficient (Wildman–Crippen LogP) is 5.24. The summed E-state index contributed by atoms with van der Waals surface area (Å²) in [5.74, 6) is 0.870. The van der Waals surface area contributed by atoms with Crippen LogP contribution in [-0.4, -0.2) is 9.97 Å². The van der Waals surface area contributed by atoms with E-state index in [2.05, 4.69) is 45.1 Å². The van der Waals surface area contributed by atoms with Crippen molar-refractivity contribution < 1.29 is 0 Å². The molecule has 3 aromatic rings. The molecule has 0 aliphatic carbocycles. The molecule has 104 valence electrons. The fourth-order valence-corrected chi connectivity index (χ4v) is 3.21. The molecule has 0 radical (unpaired) electrons. The van der Waals surface area contributed by atoms with Gasteiger partial charge in [0.15, 0.2) is 0 Å². The number of nitrogens with one attached hydrogen (secondary N) is 1. The minimum Gasteiger partial charge on any atom is -0.340 e. The largest absolute Gasteiger partial charge is 0.340 e. The second kappa shape index (κ2) is 6.08. The Labute approximate surface area is 136 Å². The smallest absolute Gasteiger partial charge is 0.142 e. The second-order valence-corrected chi connectivity index (χ2v) is 6.44. The third-order valence-corrected chi connectivity index (χ3v) is 4.72. The molecule has 0 saturated heterocycles. The summed E-state index contributed by atoms with van der Waals surface area (Å²) in [5, 5.41) is 4.48. The van der Waals surface area contributed by atoms with Gasteiger partial charge in [-0.15, -0.1) is 23.7 Å². The summed E-state index contributed by atoms with van der Waals surface area (Å²) in [7, 11) is 0. The molecule has 20 heavy (non-hydrogen) atoms. The van der Waals surface area contributed by atoms with Gasteiger partial charge in [-0.25, -0.2) is 9.97 Å². The number of halogens is 2. The topological polar surface area (TPSA) is 37.8 Å². The average molecular weight is 371 g/mol. The summed E-state index contributed by atoms with van der Waals surface area (Å²) in [6, 6.07) is 8.05. The quantitative estimate of drug-likeness (QED) is 0.670. The molecule has 3 nitrogen and oxygen atoms in total. The van der Waals surface area contributed by atoms with Gasteiger partial charge in [0.2, 0.25) is 0 Å². The molecule has 2 heterocycles. The number of hydrogen-bond acceptors (Lipinski definition) is 4. The van der Waals surface area contributed by atoms with Crippen LogP contribution >= 0.6 is 39.7 Å². The van der Waals surface area contributed by atoms with E-state index >= 15 is 0 Å². The number of anilines is 2. The highest BCUT2D eigenvalue weighted by molar-refractivity contribution is 9.10. The van der Waals surface area contributed by atoms with E-state index in [-0.39, 0.29) is 12.4 Å². The van der Waals surface area contributed by atoms with Crippen molar-refractivity contribution in [2.24, 2.45) is 0 Å². The lowest BCUT2D eigenvalue weighted by atomic mass is 10.2. The van der Waals surface area contributed by atoms with Crippen molar-refractivity contribution in [1.29, 1.82) is 0 Å². The summed E-state index contributed by atoms with van der Waals surface area (Å²) in [4.78, 5) is 11.0. The van der Waals surface area contributed by atoms with Crippen LogP contribution in [0.25, 0.3) is 10.2 Å². The highest BCUT2D eigenvalue weighted by Crippen LogP contribution is 2.33. The lowest BCUT2D eigenvalue weighted by Crippen LogP contribution is -1.95. The van der Waals surface area contributed by atoms with E-state index in [0.29, 0.717) is 0 Å². The van der Waals surface area contributed by atoms with Gasteiger partial charge in [0, 0.05) is 15.0 Å². The third-order valence-electron chi connectivity index (χ3n) is 3.07. The van der Waals surface area contributed by atoms with E-state index in [4.69, 9.17) is 0 Å². The zero-order valence-electron chi connectivity index (χ0n) is 11.0. The number of benzene rings is 1. The van der Waals surface area contributed by atoms with Crippen molar-refractivity contribution in [3.05, 3.63) is 45.5 Å². The first kappa shape index (κ1) is 15.2. The highest BCUT2D eigenvalue weighted by Gasteiger charge is 2.11. The van der Waals surface area contributed by atoms with Gasteiger partial charge >= 0.3 is 0 Å². The molecule has 0 fully saturated rings. The van der Waals surface area contributed by atoms with Crippen molar-refractivity contribution in [3.63, 3.8) is 0 Å². The van der Waals surface area contributed by atoms with Crippen molar-refractivity contribution in [1.82, 2.24) is 9.97 Å². The number of aryl methyl sites for hydroxylation is 2. The first-order chi connectivity index (χ1) is 9.15. The standard InChI is InChI=1S/C14H12BrN3S.ClH/c1-8-9(2)19-14-12(8)13(16-7-17-14)18-11-5-3-10(15)4-6-11;/h3-7H,1-2H3,(H,16,17,18);1H. The lowest BCUT2D eigenvalue weighted by Gasteiger charge is -2.07. The minimum atomic E-state index is 0. The van der Waals surface area contributed by atoms with Crippen LogP contribution in [0, 0.1) is 13.8 Å². The zero-order chi connectivity index (χ0) is 13.4. The Morgan fingerprint density at radius 3 is 2.50 bits per heavy atom. The number of fused-ring (bicyclic) bond motifs is 1. The van der Waals surface area contributed by atoms with Crippen molar-refractivity contribution in [3.8, 4) is 0 Å². The monoisotopic (exact) mass is 369 g/mol. The van der Waals surface area contributed by atoms with E-state index in [9.17, 15) is 0 Å². The molecule has 0 saturated carbocycles. The fourth-order valence-electron chi connectivity index (χ4n) is 1.95. The molecule has 3 rings (SSSR count). The normalized spacial score (nSPS) is 10.3. The first-order valence-electron chi connectivity index (χ1n) is 5.88. The molecule has 2 aromatic heterocycles. The minimum absolute atomic E-state index is 0. The maximum absolute atomic E-state index is 4.37. The summed E-state index contributed by atoms with van der Waals surface area (Å²) in [5.41, 5.74) is 2.27. The molecule has 0 bridgehead atoms. The lowest BCUT2D eigenvalue weighted by molar-refractivity contribution is 1.22. The predicted molar refractivity (Wildman–Crippen MR) is 91.6 cm³/mol. The second-order valence-electron chi connectivity index (χ2n) is 4.32. The molecule has 6 heteroatoms. The molecule has 0 unspecified atom stereocenters. The Bertz CT molecular complexity index is 740. The van der Waals surface area contributed by atoms with Crippen LogP contribution < -0.4 is 5.32 Å². The Balaban J connectivity index is 0.00000147. The van der Waals surface area contributed by atoms with E-state index in [1.54, 1.807) is 17.7 Å². The van der Waals surface area contributed by atoms with Gasteiger partial charge in [-0.3, -0.25) is 0 Å². The SMILES string of the molecule is Cc1sc2ncnc(Nc3ccc(Br)cc3)c2c1C.Cl. The van der Waals surface area contributed by atoms with E-state index < -0.39 is 0 Å². The number of aromatic nitrogens is 2. The summed E-state index contributed by atoms with van der Waals surface area (Å²) in [6.07, 6.45) is 1.61. The highest BCUT2D eigenvalue weighted by atomic mass is 79.9. The molecular weight excluding hydrogens is 358 g/mol. The molecule has 1 aromatic carbocycles. The summed E-state index contributed by atoms with van der Waals surface area (Å²) in [6.45, 7) is 4.23. The van der Waals surface area contributed by atoms with Crippen LogP contribution in [0.15, 0.2) is 35.1 Å². The zero-order valence-corrected chi connectivity index (χ0v) is 14.2. The molecule has 0 amide bonds. The average Bonchev–Trinajstić information content (AvgIpc) is 2.69. The van der Waals surface area contributed by atoms with Gasteiger partial charge in [0.05, 0.1) is 5.39 Å². The fraction of sp³-hybridized carbons (Fsp3) is 0.143. The number of thiophene rings is 1. The van der Waals surface area contributed by atoms with Crippen LogP contribution in [0.3, 0.4) is 0 Å². The molecule has 0 atom stereocenters. The van der Waals surface area contributed by atoms with Crippen molar-refractivity contribution >= 4 is 61.4 Å². The third kappa shape index (κ3) is 2.80. The van der Waals surface area contributed by atoms with Gasteiger partial charge in [-0.1, -0.05) is 15.9 Å². The van der Waals surface area contributed by atoms with E-state index in [1.165, 1.54) is 10.4 Å². The van der Waals surface area contributed by atoms with Gasteiger partial charge in [-0.2, -0.15) is 0 Å². The summed E-state index contributed by atoms with van der Waals surface area (Å²) < 4.78 is 1.06. The maximum atomic E-state index is 4.37. The molecule has 1 N–H and O–H groups in total. The van der Waals surface area contributed by atoms with E-state index in [1.807, 2.05) is 24.3 Å². The maximum Gasteiger partial charge on any atom is 0.142 e. The molecule has 0 aliphatic rings. The Morgan fingerprint density at radius 1 is 1.10 bits per heavy atom. The van der Waals surface area contributed by atoms with Crippen LogP contribution in [0.2, 0.25) is 0 Å². The molecule has 0 aliphatic heterocycles. The van der Waals surface area contributed by atoms with Gasteiger partial charge in [-0.05, 0) is 43.7 Å². The van der Waals surface area contributed by atoms with Gasteiger partial charge in [0.25, 0.3) is 0 Å². The summed E-state index contributed by atoms with van der Waals surface area (Å²) >= 11 is 5.14.